The van der Waals surface area contributed by atoms with Crippen LogP contribution in [-0.2, 0) is 10.1 Å². The fourth-order valence-electron chi connectivity index (χ4n) is 1.60. The van der Waals surface area contributed by atoms with Crippen LogP contribution in [0.2, 0.25) is 0 Å². The zero-order valence-corrected chi connectivity index (χ0v) is 13.3. The van der Waals surface area contributed by atoms with E-state index < -0.39 is 49.7 Å². The zero-order chi connectivity index (χ0) is 17.4. The predicted molar refractivity (Wildman–Crippen MR) is 77.5 cm³/mol. The maximum absolute atomic E-state index is 13.7. The van der Waals surface area contributed by atoms with Gasteiger partial charge in [0.2, 0.25) is 0 Å². The van der Waals surface area contributed by atoms with E-state index in [9.17, 15) is 26.0 Å². The molecule has 0 spiro atoms. The molecule has 2 rings (SSSR count). The molecule has 0 saturated heterocycles. The first kappa shape index (κ1) is 17.5. The summed E-state index contributed by atoms with van der Waals surface area (Å²) in [5.41, 5.74) is 2.26. The van der Waals surface area contributed by atoms with Gasteiger partial charge in [-0.05, 0) is 24.3 Å². The number of nitrogens with one attached hydrogen (secondary N) is 2. The van der Waals surface area contributed by atoms with Gasteiger partial charge >= 0.3 is 0 Å². The van der Waals surface area contributed by atoms with E-state index in [1.165, 1.54) is 0 Å². The normalized spacial score (nSPS) is 11.4. The molecule has 0 bridgehead atoms. The summed E-state index contributed by atoms with van der Waals surface area (Å²) in [4.78, 5) is -1.00. The standard InChI is InChI=1S/C12H7BrF4N2O3S/c13-5-1-7(14)11(8(15)2-5)18-19-12-9(16)3-6(4-10(12)17)23(20,21)22/h1-4,18-19H,(H,20,21,22). The van der Waals surface area contributed by atoms with Crippen LogP contribution in [0.1, 0.15) is 0 Å². The maximum Gasteiger partial charge on any atom is 0.294 e. The first-order chi connectivity index (χ1) is 10.6. The van der Waals surface area contributed by atoms with Gasteiger partial charge in [0, 0.05) is 4.47 Å². The number of halogens is 5. The molecular formula is C12H7BrF4N2O3S. The Morgan fingerprint density at radius 1 is 0.826 bits per heavy atom. The average Bonchev–Trinajstić information content (AvgIpc) is 2.38. The third-order valence-corrected chi connectivity index (χ3v) is 3.92. The molecule has 0 aliphatic heterocycles. The van der Waals surface area contributed by atoms with Crippen molar-refractivity contribution >= 4 is 37.4 Å². The van der Waals surface area contributed by atoms with Gasteiger partial charge in [-0.15, -0.1) is 0 Å². The summed E-state index contributed by atoms with van der Waals surface area (Å²) < 4.78 is 85.0. The number of benzene rings is 2. The monoisotopic (exact) mass is 414 g/mol. The van der Waals surface area contributed by atoms with Crippen LogP contribution in [0.25, 0.3) is 0 Å². The highest BCUT2D eigenvalue weighted by Crippen LogP contribution is 2.26. The van der Waals surface area contributed by atoms with Crippen molar-refractivity contribution in [3.8, 4) is 0 Å². The molecule has 2 aromatic carbocycles. The Morgan fingerprint density at radius 2 is 1.17 bits per heavy atom. The van der Waals surface area contributed by atoms with Gasteiger partial charge in [-0.3, -0.25) is 15.4 Å². The molecule has 0 unspecified atom stereocenters. The Labute approximate surface area is 136 Å². The van der Waals surface area contributed by atoms with Crippen molar-refractivity contribution in [2.75, 3.05) is 10.9 Å². The van der Waals surface area contributed by atoms with Crippen LogP contribution in [0.3, 0.4) is 0 Å². The molecule has 3 N–H and O–H groups in total. The Morgan fingerprint density at radius 3 is 1.52 bits per heavy atom. The van der Waals surface area contributed by atoms with Crippen molar-refractivity contribution in [1.29, 1.82) is 0 Å². The highest BCUT2D eigenvalue weighted by molar-refractivity contribution is 9.10. The maximum atomic E-state index is 13.7. The second-order valence-corrected chi connectivity index (χ2v) is 6.57. The molecular weight excluding hydrogens is 408 g/mol. The Kier molecular flexibility index (Phi) is 4.82. The lowest BCUT2D eigenvalue weighted by Crippen LogP contribution is -2.15. The lowest BCUT2D eigenvalue weighted by atomic mass is 10.3. The molecule has 0 fully saturated rings. The van der Waals surface area contributed by atoms with Crippen LogP contribution in [-0.4, -0.2) is 13.0 Å². The minimum absolute atomic E-state index is 0.118. The van der Waals surface area contributed by atoms with Crippen LogP contribution >= 0.6 is 15.9 Å². The van der Waals surface area contributed by atoms with E-state index in [1.807, 2.05) is 10.9 Å². The average molecular weight is 415 g/mol. The van der Waals surface area contributed by atoms with Crippen molar-refractivity contribution in [3.05, 3.63) is 52.0 Å². The summed E-state index contributed by atoms with van der Waals surface area (Å²) in [6.07, 6.45) is 0. The largest absolute Gasteiger partial charge is 0.295 e. The molecule has 0 aromatic heterocycles. The predicted octanol–water partition coefficient (Wildman–Crippen LogP) is 3.69. The molecule has 5 nitrogen and oxygen atoms in total. The van der Waals surface area contributed by atoms with Gasteiger partial charge in [0.25, 0.3) is 10.1 Å². The van der Waals surface area contributed by atoms with Crippen molar-refractivity contribution < 1.29 is 30.5 Å². The van der Waals surface area contributed by atoms with Gasteiger partial charge in [0.15, 0.2) is 23.3 Å². The van der Waals surface area contributed by atoms with Gasteiger partial charge < -0.3 is 0 Å². The summed E-state index contributed by atoms with van der Waals surface area (Å²) >= 11 is 2.86. The third-order valence-electron chi connectivity index (χ3n) is 2.63. The van der Waals surface area contributed by atoms with Crippen LogP contribution in [0.5, 0.6) is 0 Å². The van der Waals surface area contributed by atoms with E-state index in [0.29, 0.717) is 12.1 Å². The Bertz CT molecular complexity index is 831. The molecule has 124 valence electrons. The van der Waals surface area contributed by atoms with Gasteiger partial charge in [-0.25, -0.2) is 17.6 Å². The van der Waals surface area contributed by atoms with E-state index in [4.69, 9.17) is 4.55 Å². The Balaban J connectivity index is 2.32. The third kappa shape index (κ3) is 3.92. The van der Waals surface area contributed by atoms with E-state index in [1.54, 1.807) is 0 Å². The molecule has 0 amide bonds. The highest BCUT2D eigenvalue weighted by Gasteiger charge is 2.18. The summed E-state index contributed by atoms with van der Waals surface area (Å²) in [6, 6.07) is 2.52. The number of hydrazine groups is 1. The van der Waals surface area contributed by atoms with Crippen LogP contribution in [0, 0.1) is 23.3 Å². The summed E-state index contributed by atoms with van der Waals surface area (Å²) in [6.45, 7) is 0. The molecule has 0 aliphatic rings. The van der Waals surface area contributed by atoms with Gasteiger partial charge in [0.1, 0.15) is 11.4 Å². The minimum atomic E-state index is -4.80. The smallest absolute Gasteiger partial charge is 0.294 e. The summed E-state index contributed by atoms with van der Waals surface area (Å²) in [5, 5.41) is 0. The number of hydrogen-bond donors (Lipinski definition) is 3. The van der Waals surface area contributed by atoms with Crippen molar-refractivity contribution in [1.82, 2.24) is 0 Å². The number of anilines is 2. The van der Waals surface area contributed by atoms with Crippen LogP contribution in [0.15, 0.2) is 33.6 Å². The first-order valence-corrected chi connectivity index (χ1v) is 7.96. The van der Waals surface area contributed by atoms with E-state index in [-0.39, 0.29) is 4.47 Å². The van der Waals surface area contributed by atoms with E-state index in [2.05, 4.69) is 15.9 Å². The Hall–Kier alpha value is -1.85. The van der Waals surface area contributed by atoms with Crippen molar-refractivity contribution in [2.45, 2.75) is 4.90 Å². The van der Waals surface area contributed by atoms with Crippen LogP contribution in [0.4, 0.5) is 28.9 Å². The highest BCUT2D eigenvalue weighted by atomic mass is 79.9. The molecule has 0 atom stereocenters. The molecule has 0 aliphatic carbocycles. The lowest BCUT2D eigenvalue weighted by Gasteiger charge is -2.13. The fraction of sp³-hybridized carbons (Fsp3) is 0. The summed E-state index contributed by atoms with van der Waals surface area (Å²) in [7, 11) is -4.80. The lowest BCUT2D eigenvalue weighted by molar-refractivity contribution is 0.480. The molecule has 0 radical (unpaired) electrons. The molecule has 11 heteroatoms. The van der Waals surface area contributed by atoms with Crippen LogP contribution < -0.4 is 10.9 Å². The van der Waals surface area contributed by atoms with E-state index >= 15 is 0 Å². The quantitative estimate of drug-likeness (QED) is 0.404. The van der Waals surface area contributed by atoms with Gasteiger partial charge in [-0.2, -0.15) is 8.42 Å². The fourth-order valence-corrected chi connectivity index (χ4v) is 2.51. The van der Waals surface area contributed by atoms with Crippen molar-refractivity contribution in [2.24, 2.45) is 0 Å². The second kappa shape index (κ2) is 6.34. The number of hydrogen-bond acceptors (Lipinski definition) is 4. The molecule has 0 heterocycles. The molecule has 23 heavy (non-hydrogen) atoms. The minimum Gasteiger partial charge on any atom is -0.295 e. The zero-order valence-electron chi connectivity index (χ0n) is 10.9. The topological polar surface area (TPSA) is 78.4 Å². The van der Waals surface area contributed by atoms with E-state index in [0.717, 1.165) is 12.1 Å². The van der Waals surface area contributed by atoms with Crippen molar-refractivity contribution in [3.63, 3.8) is 0 Å². The molecule has 0 saturated carbocycles. The second-order valence-electron chi connectivity index (χ2n) is 4.23. The van der Waals surface area contributed by atoms with Gasteiger partial charge in [0.05, 0.1) is 4.90 Å². The SMILES string of the molecule is O=S(=O)(O)c1cc(F)c(NNc2c(F)cc(Br)cc2F)c(F)c1. The summed E-state index contributed by atoms with van der Waals surface area (Å²) in [5.74, 6) is -4.88. The van der Waals surface area contributed by atoms with Gasteiger partial charge in [-0.1, -0.05) is 15.9 Å². The molecule has 2 aromatic rings. The first-order valence-electron chi connectivity index (χ1n) is 5.72. The number of rotatable bonds is 4.